The van der Waals surface area contributed by atoms with Gasteiger partial charge in [-0.1, -0.05) is 47.7 Å². The average molecular weight is 413 g/mol. The van der Waals surface area contributed by atoms with E-state index < -0.39 is 0 Å². The maximum absolute atomic E-state index is 12.8. The molecule has 31 heavy (non-hydrogen) atoms. The van der Waals surface area contributed by atoms with Crippen LogP contribution in [-0.4, -0.2) is 52.3 Å². The van der Waals surface area contributed by atoms with Crippen LogP contribution in [0.25, 0.3) is 21.9 Å². The summed E-state index contributed by atoms with van der Waals surface area (Å²) in [5.74, 6) is -0.163. The summed E-state index contributed by atoms with van der Waals surface area (Å²) in [5.41, 5.74) is 3.27. The molecule has 0 spiro atoms. The van der Waals surface area contributed by atoms with Crippen molar-refractivity contribution in [3.63, 3.8) is 0 Å². The van der Waals surface area contributed by atoms with E-state index >= 15 is 0 Å². The fourth-order valence-corrected chi connectivity index (χ4v) is 3.53. The average Bonchev–Trinajstić information content (AvgIpc) is 3.31. The predicted octanol–water partition coefficient (Wildman–Crippen LogP) is 3.23. The minimum Gasteiger partial charge on any atom is -0.350 e. The van der Waals surface area contributed by atoms with Crippen LogP contribution in [-0.2, 0) is 6.54 Å². The summed E-state index contributed by atoms with van der Waals surface area (Å²) in [5, 5.41) is 12.5. The first-order valence-corrected chi connectivity index (χ1v) is 10.0. The summed E-state index contributed by atoms with van der Waals surface area (Å²) in [7, 11) is 3.47. The van der Waals surface area contributed by atoms with Gasteiger partial charge in [0.05, 0.1) is 12.7 Å². The molecule has 0 aliphatic carbocycles. The largest absolute Gasteiger partial charge is 0.350 e. The Kier molecular flexibility index (Phi) is 5.75. The maximum atomic E-state index is 12.8. The lowest BCUT2D eigenvalue weighted by Crippen LogP contribution is -2.27. The molecular formula is C24H23N5O2. The monoisotopic (exact) mass is 413 g/mol. The number of nitrogens with zero attached hydrogens (tertiary/aromatic N) is 4. The Morgan fingerprint density at radius 1 is 0.968 bits per heavy atom. The van der Waals surface area contributed by atoms with E-state index in [4.69, 9.17) is 0 Å². The smallest absolute Gasteiger partial charge is 0.253 e. The highest BCUT2D eigenvalue weighted by atomic mass is 16.2. The van der Waals surface area contributed by atoms with Gasteiger partial charge in [0.25, 0.3) is 11.8 Å². The molecular weight excluding hydrogens is 390 g/mol. The number of benzene rings is 3. The molecule has 0 aliphatic heterocycles. The van der Waals surface area contributed by atoms with Gasteiger partial charge in [-0.25, -0.2) is 0 Å². The summed E-state index contributed by atoms with van der Waals surface area (Å²) < 4.78 is 1.67. The minimum atomic E-state index is -0.130. The Labute approximate surface area is 180 Å². The lowest BCUT2D eigenvalue weighted by molar-refractivity contribution is 0.0827. The van der Waals surface area contributed by atoms with E-state index in [0.717, 1.165) is 21.9 Å². The number of aromatic nitrogens is 3. The summed E-state index contributed by atoms with van der Waals surface area (Å²) >= 11 is 0. The van der Waals surface area contributed by atoms with Crippen molar-refractivity contribution >= 4 is 22.6 Å². The van der Waals surface area contributed by atoms with Gasteiger partial charge in [-0.15, -0.1) is 5.10 Å². The van der Waals surface area contributed by atoms with Gasteiger partial charge in [-0.05, 0) is 40.1 Å². The standard InChI is InChI=1S/C24H23N5O2/c1-28(2)24(31)18-9-7-17(8-10-18)19-11-12-22(21-6-4-3-5-20(19)21)23(30)25-13-15-29-16-14-26-27-29/h3-12,14,16H,13,15H2,1-2H3,(H,25,30). The highest BCUT2D eigenvalue weighted by Gasteiger charge is 2.14. The molecule has 0 unspecified atom stereocenters. The molecule has 4 aromatic rings. The highest BCUT2D eigenvalue weighted by molar-refractivity contribution is 6.11. The lowest BCUT2D eigenvalue weighted by Gasteiger charge is -2.13. The molecule has 0 fully saturated rings. The van der Waals surface area contributed by atoms with Crippen LogP contribution in [0.15, 0.2) is 73.1 Å². The molecule has 7 nitrogen and oxygen atoms in total. The minimum absolute atomic E-state index is 0.0330. The molecule has 1 heterocycles. The number of carbonyl (C=O) groups is 2. The summed E-state index contributed by atoms with van der Waals surface area (Å²) in [6.45, 7) is 1.01. The summed E-state index contributed by atoms with van der Waals surface area (Å²) in [6, 6.07) is 19.2. The molecule has 7 heteroatoms. The molecule has 0 aliphatic rings. The molecule has 2 amide bonds. The number of amides is 2. The second-order valence-corrected chi connectivity index (χ2v) is 7.41. The van der Waals surface area contributed by atoms with Crippen molar-refractivity contribution in [2.24, 2.45) is 0 Å². The first-order valence-electron chi connectivity index (χ1n) is 10.0. The third-order valence-corrected chi connectivity index (χ3v) is 5.12. The molecule has 156 valence electrons. The van der Waals surface area contributed by atoms with Crippen LogP contribution in [0.3, 0.4) is 0 Å². The Morgan fingerprint density at radius 3 is 2.39 bits per heavy atom. The molecule has 3 aromatic carbocycles. The van der Waals surface area contributed by atoms with Crippen LogP contribution in [0.1, 0.15) is 20.7 Å². The highest BCUT2D eigenvalue weighted by Crippen LogP contribution is 2.31. The lowest BCUT2D eigenvalue weighted by atomic mass is 9.94. The van der Waals surface area contributed by atoms with Crippen molar-refractivity contribution in [2.75, 3.05) is 20.6 Å². The molecule has 4 rings (SSSR count). The number of hydrogen-bond donors (Lipinski definition) is 1. The Hall–Kier alpha value is -4.00. The number of carbonyl (C=O) groups excluding carboxylic acids is 2. The van der Waals surface area contributed by atoms with Crippen LogP contribution < -0.4 is 5.32 Å². The van der Waals surface area contributed by atoms with E-state index in [9.17, 15) is 9.59 Å². The molecule has 0 bridgehead atoms. The van der Waals surface area contributed by atoms with Gasteiger partial charge in [0, 0.05) is 38.0 Å². The van der Waals surface area contributed by atoms with E-state index in [-0.39, 0.29) is 11.8 Å². The van der Waals surface area contributed by atoms with E-state index in [0.29, 0.717) is 24.2 Å². The topological polar surface area (TPSA) is 80.1 Å². The molecule has 1 N–H and O–H groups in total. The van der Waals surface area contributed by atoms with E-state index in [2.05, 4.69) is 15.6 Å². The Bertz CT molecular complexity index is 1210. The van der Waals surface area contributed by atoms with Gasteiger partial charge >= 0.3 is 0 Å². The summed E-state index contributed by atoms with van der Waals surface area (Å²) in [6.07, 6.45) is 3.37. The van der Waals surface area contributed by atoms with Crippen LogP contribution in [0.2, 0.25) is 0 Å². The van der Waals surface area contributed by atoms with Crippen LogP contribution in [0, 0.1) is 0 Å². The van der Waals surface area contributed by atoms with Crippen molar-refractivity contribution in [3.8, 4) is 11.1 Å². The van der Waals surface area contributed by atoms with E-state index in [1.54, 1.807) is 36.1 Å². The van der Waals surface area contributed by atoms with Crippen LogP contribution >= 0.6 is 0 Å². The third kappa shape index (κ3) is 4.30. The van der Waals surface area contributed by atoms with Crippen LogP contribution in [0.4, 0.5) is 0 Å². The fraction of sp³-hybridized carbons (Fsp3) is 0.167. The quantitative estimate of drug-likeness (QED) is 0.526. The van der Waals surface area contributed by atoms with Crippen LogP contribution in [0.5, 0.6) is 0 Å². The molecule has 0 saturated carbocycles. The second kappa shape index (κ2) is 8.79. The van der Waals surface area contributed by atoms with Gasteiger partial charge in [0.15, 0.2) is 0 Å². The number of fused-ring (bicyclic) bond motifs is 1. The van der Waals surface area contributed by atoms with Gasteiger partial charge < -0.3 is 10.2 Å². The Morgan fingerprint density at radius 2 is 1.71 bits per heavy atom. The van der Waals surface area contributed by atoms with Crippen molar-refractivity contribution in [2.45, 2.75) is 6.54 Å². The zero-order valence-corrected chi connectivity index (χ0v) is 17.4. The van der Waals surface area contributed by atoms with Crippen molar-refractivity contribution in [1.82, 2.24) is 25.2 Å². The Balaban J connectivity index is 1.61. The normalized spacial score (nSPS) is 10.8. The number of nitrogens with one attached hydrogen (secondary N) is 1. The van der Waals surface area contributed by atoms with E-state index in [1.165, 1.54) is 0 Å². The van der Waals surface area contributed by atoms with Gasteiger partial charge in [-0.2, -0.15) is 0 Å². The zero-order chi connectivity index (χ0) is 21.8. The SMILES string of the molecule is CN(C)C(=O)c1ccc(-c2ccc(C(=O)NCCn3ccnn3)c3ccccc23)cc1. The molecule has 1 aromatic heterocycles. The number of hydrogen-bond acceptors (Lipinski definition) is 4. The van der Waals surface area contributed by atoms with E-state index in [1.807, 2.05) is 60.7 Å². The predicted molar refractivity (Wildman–Crippen MR) is 120 cm³/mol. The van der Waals surface area contributed by atoms with Crippen molar-refractivity contribution in [1.29, 1.82) is 0 Å². The zero-order valence-electron chi connectivity index (χ0n) is 17.4. The third-order valence-electron chi connectivity index (χ3n) is 5.12. The van der Waals surface area contributed by atoms with Gasteiger partial charge in [-0.3, -0.25) is 14.3 Å². The second-order valence-electron chi connectivity index (χ2n) is 7.41. The maximum Gasteiger partial charge on any atom is 0.253 e. The molecule has 0 radical (unpaired) electrons. The molecule has 0 saturated heterocycles. The molecule has 0 atom stereocenters. The van der Waals surface area contributed by atoms with Gasteiger partial charge in [0.2, 0.25) is 0 Å². The van der Waals surface area contributed by atoms with Crippen molar-refractivity contribution < 1.29 is 9.59 Å². The summed E-state index contributed by atoms with van der Waals surface area (Å²) in [4.78, 5) is 26.5. The van der Waals surface area contributed by atoms with Crippen molar-refractivity contribution in [3.05, 3.63) is 84.2 Å². The first-order chi connectivity index (χ1) is 15.0. The fourth-order valence-electron chi connectivity index (χ4n) is 3.53. The first kappa shape index (κ1) is 20.3. The van der Waals surface area contributed by atoms with Gasteiger partial charge in [0.1, 0.15) is 0 Å². The number of rotatable bonds is 6.